The third-order valence-electron chi connectivity index (χ3n) is 4.14. The van der Waals surface area contributed by atoms with Crippen molar-refractivity contribution in [1.29, 1.82) is 0 Å². The smallest absolute Gasteiger partial charge is 0.0370 e. The molecule has 0 aromatic heterocycles. The third-order valence-corrected chi connectivity index (χ3v) is 4.14. The highest BCUT2D eigenvalue weighted by atomic mass is 15.2. The number of nitrogens with one attached hydrogen (secondary N) is 1. The Morgan fingerprint density at radius 1 is 1.28 bits per heavy atom. The Morgan fingerprint density at radius 2 is 2.06 bits per heavy atom. The van der Waals surface area contributed by atoms with Gasteiger partial charge in [-0.1, -0.05) is 25.1 Å². The number of piperidine rings is 1. The molecule has 2 nitrogen and oxygen atoms in total. The second kappa shape index (κ2) is 6.24. The minimum absolute atomic E-state index is 0.743. The lowest BCUT2D eigenvalue weighted by molar-refractivity contribution is 0.135. The van der Waals surface area contributed by atoms with Crippen LogP contribution < -0.4 is 5.32 Å². The summed E-state index contributed by atoms with van der Waals surface area (Å²) < 4.78 is 0. The van der Waals surface area contributed by atoms with Crippen LogP contribution in [0.15, 0.2) is 24.3 Å². The lowest BCUT2D eigenvalue weighted by atomic mass is 9.93. The van der Waals surface area contributed by atoms with Gasteiger partial charge in [-0.15, -0.1) is 0 Å². The normalized spacial score (nSPS) is 25.1. The van der Waals surface area contributed by atoms with Crippen molar-refractivity contribution < 1.29 is 0 Å². The van der Waals surface area contributed by atoms with E-state index < -0.39 is 0 Å². The van der Waals surface area contributed by atoms with Gasteiger partial charge in [-0.25, -0.2) is 0 Å². The van der Waals surface area contributed by atoms with Crippen LogP contribution in [-0.4, -0.2) is 30.6 Å². The van der Waals surface area contributed by atoms with Gasteiger partial charge in [0.25, 0.3) is 0 Å². The second-order valence-corrected chi connectivity index (χ2v) is 5.76. The van der Waals surface area contributed by atoms with Gasteiger partial charge in [0.15, 0.2) is 0 Å². The predicted molar refractivity (Wildman–Crippen MR) is 79.1 cm³/mol. The molecule has 0 amide bonds. The molecule has 2 rings (SSSR count). The van der Waals surface area contributed by atoms with E-state index in [0.29, 0.717) is 0 Å². The van der Waals surface area contributed by atoms with Crippen LogP contribution in [0.4, 0.5) is 5.69 Å². The lowest BCUT2D eigenvalue weighted by Gasteiger charge is -2.36. The fraction of sp³-hybridized carbons (Fsp3) is 0.625. The van der Waals surface area contributed by atoms with Crippen molar-refractivity contribution in [3.05, 3.63) is 29.8 Å². The van der Waals surface area contributed by atoms with Gasteiger partial charge in [-0.05, 0) is 50.8 Å². The van der Waals surface area contributed by atoms with Crippen LogP contribution in [-0.2, 0) is 0 Å². The number of hydrogen-bond acceptors (Lipinski definition) is 2. The molecule has 1 aromatic carbocycles. The van der Waals surface area contributed by atoms with Crippen molar-refractivity contribution in [2.75, 3.05) is 25.0 Å². The number of likely N-dealkylation sites (tertiary alicyclic amines) is 1. The molecule has 2 unspecified atom stereocenters. The first kappa shape index (κ1) is 13.4. The van der Waals surface area contributed by atoms with Gasteiger partial charge in [0.05, 0.1) is 0 Å². The van der Waals surface area contributed by atoms with Gasteiger partial charge in [-0.3, -0.25) is 4.90 Å². The van der Waals surface area contributed by atoms with E-state index >= 15 is 0 Å². The molecule has 1 aliphatic rings. The number of nitrogens with zero attached hydrogens (tertiary/aromatic N) is 1. The summed E-state index contributed by atoms with van der Waals surface area (Å²) in [7, 11) is 0. The van der Waals surface area contributed by atoms with Crippen molar-refractivity contribution in [2.24, 2.45) is 5.92 Å². The summed E-state index contributed by atoms with van der Waals surface area (Å²) in [5.74, 6) is 0.903. The first-order valence-electron chi connectivity index (χ1n) is 7.20. The Bertz CT molecular complexity index is 375. The summed E-state index contributed by atoms with van der Waals surface area (Å²) in [6.07, 6.45) is 2.71. The molecule has 0 saturated carbocycles. The van der Waals surface area contributed by atoms with E-state index in [4.69, 9.17) is 0 Å². The van der Waals surface area contributed by atoms with Crippen LogP contribution >= 0.6 is 0 Å². The summed E-state index contributed by atoms with van der Waals surface area (Å²) in [6.45, 7) is 10.4. The van der Waals surface area contributed by atoms with Crippen LogP contribution in [0.2, 0.25) is 0 Å². The quantitative estimate of drug-likeness (QED) is 0.874. The van der Waals surface area contributed by atoms with E-state index in [1.165, 1.54) is 30.6 Å². The Morgan fingerprint density at radius 3 is 2.78 bits per heavy atom. The predicted octanol–water partition coefficient (Wildman–Crippen LogP) is 3.53. The van der Waals surface area contributed by atoms with Crippen LogP contribution in [0.25, 0.3) is 0 Å². The molecule has 1 aliphatic heterocycles. The van der Waals surface area contributed by atoms with Crippen molar-refractivity contribution in [1.82, 2.24) is 4.90 Å². The fourth-order valence-corrected chi connectivity index (χ4v) is 2.89. The largest absolute Gasteiger partial charge is 0.384 e. The number of benzene rings is 1. The molecule has 1 aromatic rings. The number of para-hydroxylation sites is 1. The van der Waals surface area contributed by atoms with Gasteiger partial charge in [0, 0.05) is 24.8 Å². The maximum atomic E-state index is 3.55. The number of hydrogen-bond donors (Lipinski definition) is 1. The van der Waals surface area contributed by atoms with Crippen LogP contribution in [0, 0.1) is 12.8 Å². The topological polar surface area (TPSA) is 15.3 Å². The molecule has 18 heavy (non-hydrogen) atoms. The van der Waals surface area contributed by atoms with Gasteiger partial charge in [0.1, 0.15) is 0 Å². The van der Waals surface area contributed by atoms with Crippen LogP contribution in [0.3, 0.4) is 0 Å². The molecule has 1 N–H and O–H groups in total. The maximum absolute atomic E-state index is 3.55. The van der Waals surface area contributed by atoms with E-state index in [-0.39, 0.29) is 0 Å². The van der Waals surface area contributed by atoms with Crippen LogP contribution in [0.1, 0.15) is 32.3 Å². The maximum Gasteiger partial charge on any atom is 0.0370 e. The second-order valence-electron chi connectivity index (χ2n) is 5.76. The molecule has 0 radical (unpaired) electrons. The highest BCUT2D eigenvalue weighted by Crippen LogP contribution is 2.21. The highest BCUT2D eigenvalue weighted by molar-refractivity contribution is 5.50. The first-order valence-corrected chi connectivity index (χ1v) is 7.20. The zero-order chi connectivity index (χ0) is 13.0. The van der Waals surface area contributed by atoms with Crippen molar-refractivity contribution >= 4 is 5.69 Å². The molecular formula is C16H26N2. The van der Waals surface area contributed by atoms with Gasteiger partial charge < -0.3 is 5.32 Å². The average molecular weight is 246 g/mol. The molecular weight excluding hydrogens is 220 g/mol. The fourth-order valence-electron chi connectivity index (χ4n) is 2.89. The summed E-state index contributed by atoms with van der Waals surface area (Å²) >= 11 is 0. The Hall–Kier alpha value is -1.02. The summed E-state index contributed by atoms with van der Waals surface area (Å²) in [5, 5.41) is 3.55. The molecule has 0 spiro atoms. The van der Waals surface area contributed by atoms with Crippen LogP contribution in [0.5, 0.6) is 0 Å². The zero-order valence-corrected chi connectivity index (χ0v) is 11.9. The van der Waals surface area contributed by atoms with Gasteiger partial charge >= 0.3 is 0 Å². The van der Waals surface area contributed by atoms with Crippen molar-refractivity contribution in [2.45, 2.75) is 39.7 Å². The Labute approximate surface area is 111 Å². The van der Waals surface area contributed by atoms with E-state index in [2.05, 4.69) is 55.3 Å². The zero-order valence-electron chi connectivity index (χ0n) is 11.9. The average Bonchev–Trinajstić information content (AvgIpc) is 2.34. The monoisotopic (exact) mass is 246 g/mol. The molecule has 1 saturated heterocycles. The molecule has 0 bridgehead atoms. The lowest BCUT2D eigenvalue weighted by Crippen LogP contribution is -2.42. The molecule has 2 heteroatoms. The molecule has 2 atom stereocenters. The minimum Gasteiger partial charge on any atom is -0.384 e. The van der Waals surface area contributed by atoms with Gasteiger partial charge in [0.2, 0.25) is 0 Å². The summed E-state index contributed by atoms with van der Waals surface area (Å²) in [4.78, 5) is 2.62. The van der Waals surface area contributed by atoms with E-state index in [1.54, 1.807) is 0 Å². The van der Waals surface area contributed by atoms with E-state index in [0.717, 1.165) is 25.0 Å². The summed E-state index contributed by atoms with van der Waals surface area (Å²) in [6, 6.07) is 9.26. The standard InChI is InChI=1S/C16H26N2/c1-13-8-10-18(15(3)12-13)11-9-17-16-7-5-4-6-14(16)2/h4-7,13,15,17H,8-12H2,1-3H3. The van der Waals surface area contributed by atoms with E-state index in [9.17, 15) is 0 Å². The minimum atomic E-state index is 0.743. The van der Waals surface area contributed by atoms with E-state index in [1.807, 2.05) is 0 Å². The van der Waals surface area contributed by atoms with Gasteiger partial charge in [-0.2, -0.15) is 0 Å². The third kappa shape index (κ3) is 3.49. The Balaban J connectivity index is 1.77. The molecule has 1 fully saturated rings. The molecule has 100 valence electrons. The highest BCUT2D eigenvalue weighted by Gasteiger charge is 2.21. The molecule has 0 aliphatic carbocycles. The SMILES string of the molecule is Cc1ccccc1NCCN1CCC(C)CC1C. The first-order chi connectivity index (χ1) is 8.66. The summed E-state index contributed by atoms with van der Waals surface area (Å²) in [5.41, 5.74) is 2.60. The number of aryl methyl sites for hydroxylation is 1. The van der Waals surface area contributed by atoms with Crippen molar-refractivity contribution in [3.8, 4) is 0 Å². The Kier molecular flexibility index (Phi) is 4.65. The number of anilines is 1. The van der Waals surface area contributed by atoms with Crippen molar-refractivity contribution in [3.63, 3.8) is 0 Å². The molecule has 1 heterocycles. The number of rotatable bonds is 4.